The van der Waals surface area contributed by atoms with Crippen LogP contribution in [0.2, 0.25) is 0 Å². The first-order valence-electron chi connectivity index (χ1n) is 12.1. The number of anilines is 1. The molecule has 3 aromatic carbocycles. The van der Waals surface area contributed by atoms with Gasteiger partial charge in [0.1, 0.15) is 24.2 Å². The third-order valence-corrected chi connectivity index (χ3v) is 5.60. The molecule has 3 rings (SSSR count). The molecule has 0 radical (unpaired) electrons. The zero-order valence-electron chi connectivity index (χ0n) is 21.8. The molecule has 0 aliphatic carbocycles. The number of hydrogen-bond donors (Lipinski definition) is 2. The van der Waals surface area contributed by atoms with E-state index in [-0.39, 0.29) is 0 Å². The topological polar surface area (TPSA) is 112 Å². The Morgan fingerprint density at radius 2 is 1.68 bits per heavy atom. The van der Waals surface area contributed by atoms with Crippen LogP contribution in [0.25, 0.3) is 10.8 Å². The lowest BCUT2D eigenvalue weighted by molar-refractivity contribution is -0.139. The Morgan fingerprint density at radius 3 is 2.29 bits per heavy atom. The molecule has 0 fully saturated rings. The maximum absolute atomic E-state index is 13.7. The van der Waals surface area contributed by atoms with Crippen LogP contribution in [0.4, 0.5) is 10.5 Å². The lowest BCUT2D eigenvalue weighted by Gasteiger charge is -2.32. The number of carbonyl (C=O) groups is 3. The van der Waals surface area contributed by atoms with Crippen molar-refractivity contribution in [3.63, 3.8) is 0 Å². The van der Waals surface area contributed by atoms with Gasteiger partial charge in [0.05, 0.1) is 6.07 Å². The lowest BCUT2D eigenvalue weighted by Crippen LogP contribution is -2.51. The van der Waals surface area contributed by atoms with E-state index in [1.54, 1.807) is 51.1 Å². The molecule has 0 bridgehead atoms. The van der Waals surface area contributed by atoms with E-state index in [9.17, 15) is 19.6 Å². The minimum absolute atomic E-state index is 0.397. The summed E-state index contributed by atoms with van der Waals surface area (Å²) in [6, 6.07) is 19.5. The van der Waals surface area contributed by atoms with Crippen molar-refractivity contribution in [3.05, 3.63) is 77.9 Å². The second-order valence-electron chi connectivity index (χ2n) is 9.71. The minimum Gasteiger partial charge on any atom is -0.444 e. The normalized spacial score (nSPS) is 12.4. The number of hydrogen-bond acceptors (Lipinski definition) is 5. The highest BCUT2D eigenvalue weighted by molar-refractivity contribution is 6.00. The van der Waals surface area contributed by atoms with Crippen molar-refractivity contribution in [2.75, 3.05) is 11.9 Å². The van der Waals surface area contributed by atoms with Crippen LogP contribution >= 0.6 is 0 Å². The van der Waals surface area contributed by atoms with Gasteiger partial charge in [0.25, 0.3) is 5.91 Å². The van der Waals surface area contributed by atoms with E-state index in [4.69, 9.17) is 11.2 Å². The quantitative estimate of drug-likeness (QED) is 0.351. The molecule has 194 valence electrons. The lowest BCUT2D eigenvalue weighted by atomic mass is 10.0. The van der Waals surface area contributed by atoms with E-state index < -0.39 is 42.1 Å². The molecule has 3 aromatic rings. The van der Waals surface area contributed by atoms with Gasteiger partial charge in [0.15, 0.2) is 0 Å². The number of ether oxygens (including phenoxy) is 1. The van der Waals surface area contributed by atoms with E-state index in [1.165, 1.54) is 6.92 Å². The fourth-order valence-corrected chi connectivity index (χ4v) is 3.88. The smallest absolute Gasteiger partial charge is 0.408 e. The molecule has 8 nitrogen and oxygen atoms in total. The Labute approximate surface area is 222 Å². The molecule has 0 saturated carbocycles. The molecule has 2 unspecified atom stereocenters. The average molecular weight is 511 g/mol. The van der Waals surface area contributed by atoms with Crippen LogP contribution in [-0.4, -0.2) is 41.0 Å². The van der Waals surface area contributed by atoms with Crippen molar-refractivity contribution < 1.29 is 19.1 Å². The number of terminal acetylenes is 1. The van der Waals surface area contributed by atoms with Crippen LogP contribution in [0.1, 0.15) is 44.9 Å². The predicted octanol–water partition coefficient (Wildman–Crippen LogP) is 4.77. The van der Waals surface area contributed by atoms with Gasteiger partial charge >= 0.3 is 6.09 Å². The Hall–Kier alpha value is -4.82. The van der Waals surface area contributed by atoms with Gasteiger partial charge in [0.2, 0.25) is 5.91 Å². The van der Waals surface area contributed by atoms with Crippen LogP contribution in [0, 0.1) is 23.7 Å². The van der Waals surface area contributed by atoms with Crippen molar-refractivity contribution in [2.24, 2.45) is 0 Å². The number of nitrogens with one attached hydrogen (secondary N) is 2. The van der Waals surface area contributed by atoms with E-state index in [2.05, 4.69) is 16.6 Å². The number of alkyl carbamates (subject to hydrolysis) is 1. The molecular weight excluding hydrogens is 480 g/mol. The summed E-state index contributed by atoms with van der Waals surface area (Å²) in [5, 5.41) is 16.9. The van der Waals surface area contributed by atoms with Gasteiger partial charge in [-0.25, -0.2) is 4.79 Å². The SMILES string of the molecule is C#Cc1ccc(C(C(=O)Nc2ccc3ccccc3c2)N(CC#N)C(=O)C(C)NC(=O)OC(C)(C)C)cc1. The number of benzene rings is 3. The Morgan fingerprint density at radius 1 is 1.03 bits per heavy atom. The first-order chi connectivity index (χ1) is 18.0. The van der Waals surface area contributed by atoms with Crippen molar-refractivity contribution in [2.45, 2.75) is 45.4 Å². The van der Waals surface area contributed by atoms with E-state index in [1.807, 2.05) is 42.5 Å². The largest absolute Gasteiger partial charge is 0.444 e. The predicted molar refractivity (Wildman–Crippen MR) is 146 cm³/mol. The standard InChI is InChI=1S/C30H30N4O4/c1-6-21-11-13-23(14-12-21)26(27(35)33-25-16-15-22-9-7-8-10-24(22)19-25)34(18-17-31)28(36)20(2)32-29(37)38-30(3,4)5/h1,7-16,19-20,26H,18H2,2-5H3,(H,32,37)(H,33,35). The summed E-state index contributed by atoms with van der Waals surface area (Å²) in [4.78, 5) is 40.6. The second kappa shape index (κ2) is 11.9. The molecule has 2 atom stereocenters. The first kappa shape index (κ1) is 27.8. The summed E-state index contributed by atoms with van der Waals surface area (Å²) >= 11 is 0. The Bertz CT molecular complexity index is 1410. The fourth-order valence-electron chi connectivity index (χ4n) is 3.88. The number of amides is 3. The van der Waals surface area contributed by atoms with Crippen molar-refractivity contribution >= 4 is 34.4 Å². The van der Waals surface area contributed by atoms with Crippen LogP contribution in [0.15, 0.2) is 66.7 Å². The molecule has 38 heavy (non-hydrogen) atoms. The molecule has 0 heterocycles. The van der Waals surface area contributed by atoms with Gasteiger partial charge in [-0.05, 0) is 68.3 Å². The molecule has 0 aromatic heterocycles. The number of carbonyl (C=O) groups excluding carboxylic acids is 3. The summed E-state index contributed by atoms with van der Waals surface area (Å²) in [6.07, 6.45) is 4.69. The minimum atomic E-state index is -1.18. The monoisotopic (exact) mass is 510 g/mol. The van der Waals surface area contributed by atoms with Gasteiger partial charge in [-0.2, -0.15) is 5.26 Å². The highest BCUT2D eigenvalue weighted by Crippen LogP contribution is 2.26. The summed E-state index contributed by atoms with van der Waals surface area (Å²) in [5.41, 5.74) is 0.819. The zero-order valence-corrected chi connectivity index (χ0v) is 21.8. The number of nitriles is 1. The van der Waals surface area contributed by atoms with Crippen molar-refractivity contribution in [1.82, 2.24) is 10.2 Å². The third-order valence-electron chi connectivity index (χ3n) is 5.60. The summed E-state index contributed by atoms with van der Waals surface area (Å²) in [5.74, 6) is 1.37. The van der Waals surface area contributed by atoms with Gasteiger partial charge in [0, 0.05) is 11.3 Å². The molecule has 0 spiro atoms. The summed E-state index contributed by atoms with van der Waals surface area (Å²) in [7, 11) is 0. The van der Waals surface area contributed by atoms with E-state index >= 15 is 0 Å². The molecule has 0 saturated heterocycles. The highest BCUT2D eigenvalue weighted by atomic mass is 16.6. The molecule has 3 amide bonds. The second-order valence-corrected chi connectivity index (χ2v) is 9.71. The number of nitrogens with zero attached hydrogens (tertiary/aromatic N) is 2. The van der Waals surface area contributed by atoms with Crippen LogP contribution in [0.5, 0.6) is 0 Å². The maximum atomic E-state index is 13.7. The molecule has 0 aliphatic heterocycles. The summed E-state index contributed by atoms with van der Waals surface area (Å²) < 4.78 is 5.25. The first-order valence-corrected chi connectivity index (χ1v) is 12.1. The van der Waals surface area contributed by atoms with Gasteiger partial charge in [-0.3, -0.25) is 9.59 Å². The Balaban J connectivity index is 1.95. The van der Waals surface area contributed by atoms with Gasteiger partial charge in [-0.15, -0.1) is 6.42 Å². The average Bonchev–Trinajstić information content (AvgIpc) is 2.87. The van der Waals surface area contributed by atoms with Crippen LogP contribution in [-0.2, 0) is 14.3 Å². The number of fused-ring (bicyclic) bond motifs is 1. The van der Waals surface area contributed by atoms with Crippen LogP contribution in [0.3, 0.4) is 0 Å². The summed E-state index contributed by atoms with van der Waals surface area (Å²) in [6.45, 7) is 6.18. The van der Waals surface area contributed by atoms with Crippen molar-refractivity contribution in [3.8, 4) is 18.4 Å². The third kappa shape index (κ3) is 7.11. The number of rotatable bonds is 7. The van der Waals surface area contributed by atoms with Crippen LogP contribution < -0.4 is 10.6 Å². The van der Waals surface area contributed by atoms with E-state index in [0.717, 1.165) is 15.7 Å². The molecule has 0 aliphatic rings. The fraction of sp³-hybridized carbons (Fsp3) is 0.267. The molecule has 8 heteroatoms. The van der Waals surface area contributed by atoms with Crippen molar-refractivity contribution in [1.29, 1.82) is 5.26 Å². The zero-order chi connectivity index (χ0) is 27.9. The van der Waals surface area contributed by atoms with E-state index in [0.29, 0.717) is 16.8 Å². The molecule has 2 N–H and O–H groups in total. The molecular formula is C30H30N4O4. The highest BCUT2D eigenvalue weighted by Gasteiger charge is 2.34. The Kier molecular flexibility index (Phi) is 8.73. The maximum Gasteiger partial charge on any atom is 0.408 e. The van der Waals surface area contributed by atoms with Gasteiger partial charge < -0.3 is 20.3 Å². The van der Waals surface area contributed by atoms with Gasteiger partial charge in [-0.1, -0.05) is 48.4 Å².